The lowest BCUT2D eigenvalue weighted by molar-refractivity contribution is -0.00751. The number of hydrogen-bond donors (Lipinski definition) is 2. The third-order valence-electron chi connectivity index (χ3n) is 3.63. The molecular formula is C12H19ClN2O3S2. The molecule has 2 N–H and O–H groups in total. The summed E-state index contributed by atoms with van der Waals surface area (Å²) in [5.74, 6) is 0.415. The molecule has 0 spiro atoms. The number of thiazole rings is 1. The molecule has 1 aliphatic carbocycles. The number of halogens is 1. The molecular weight excluding hydrogens is 320 g/mol. The van der Waals surface area contributed by atoms with Gasteiger partial charge in [-0.1, -0.05) is 42.7 Å². The number of sulfonamides is 1. The minimum absolute atomic E-state index is 0.0363. The second-order valence-electron chi connectivity index (χ2n) is 5.59. The average molecular weight is 339 g/mol. The maximum absolute atomic E-state index is 12.2. The van der Waals surface area contributed by atoms with Gasteiger partial charge in [-0.2, -0.15) is 0 Å². The number of aromatic nitrogens is 1. The summed E-state index contributed by atoms with van der Waals surface area (Å²) in [4.78, 5) is 3.90. The average Bonchev–Trinajstić information content (AvgIpc) is 2.67. The molecule has 20 heavy (non-hydrogen) atoms. The predicted molar refractivity (Wildman–Crippen MR) is 79.6 cm³/mol. The highest BCUT2D eigenvalue weighted by atomic mass is 35.5. The van der Waals surface area contributed by atoms with Crippen LogP contribution in [0.4, 0.5) is 0 Å². The Kier molecular flexibility index (Phi) is 4.76. The fourth-order valence-corrected chi connectivity index (χ4v) is 5.59. The summed E-state index contributed by atoms with van der Waals surface area (Å²) in [7, 11) is -3.66. The van der Waals surface area contributed by atoms with Gasteiger partial charge in [-0.05, 0) is 25.7 Å². The molecule has 0 aromatic carbocycles. The molecule has 0 saturated heterocycles. The van der Waals surface area contributed by atoms with Crippen molar-refractivity contribution in [1.29, 1.82) is 0 Å². The molecule has 2 rings (SSSR count). The second-order valence-corrected chi connectivity index (χ2v) is 9.13. The van der Waals surface area contributed by atoms with Crippen LogP contribution in [0.2, 0.25) is 4.47 Å². The molecule has 0 radical (unpaired) electrons. The van der Waals surface area contributed by atoms with E-state index in [-0.39, 0.29) is 15.2 Å². The van der Waals surface area contributed by atoms with Crippen LogP contribution in [-0.4, -0.2) is 30.7 Å². The first-order valence-electron chi connectivity index (χ1n) is 6.57. The van der Waals surface area contributed by atoms with E-state index in [0.29, 0.717) is 24.5 Å². The van der Waals surface area contributed by atoms with Crippen LogP contribution in [0.5, 0.6) is 0 Å². The third kappa shape index (κ3) is 3.71. The van der Waals surface area contributed by atoms with Gasteiger partial charge in [0.15, 0.2) is 8.68 Å². The van der Waals surface area contributed by atoms with Crippen molar-refractivity contribution in [2.45, 2.75) is 49.3 Å². The van der Waals surface area contributed by atoms with Crippen molar-refractivity contribution >= 4 is 33.0 Å². The third-order valence-corrected chi connectivity index (χ3v) is 6.90. The van der Waals surface area contributed by atoms with Crippen molar-refractivity contribution in [3.63, 3.8) is 0 Å². The predicted octanol–water partition coefficient (Wildman–Crippen LogP) is 2.32. The van der Waals surface area contributed by atoms with E-state index in [2.05, 4.69) is 16.6 Å². The fourth-order valence-electron chi connectivity index (χ4n) is 2.69. The maximum atomic E-state index is 12.2. The van der Waals surface area contributed by atoms with E-state index in [1.54, 1.807) is 6.92 Å². The van der Waals surface area contributed by atoms with Crippen LogP contribution in [-0.2, 0) is 10.0 Å². The van der Waals surface area contributed by atoms with Gasteiger partial charge in [0.2, 0.25) is 0 Å². The first-order chi connectivity index (χ1) is 9.22. The van der Waals surface area contributed by atoms with Gasteiger partial charge >= 0.3 is 0 Å². The van der Waals surface area contributed by atoms with Gasteiger partial charge in [-0.15, -0.1) is 0 Å². The zero-order valence-electron chi connectivity index (χ0n) is 11.5. The van der Waals surface area contributed by atoms with Crippen LogP contribution in [0.15, 0.2) is 4.21 Å². The molecule has 1 fully saturated rings. The molecule has 5 nitrogen and oxygen atoms in total. The number of aliphatic hydroxyl groups is 1. The molecule has 0 amide bonds. The van der Waals surface area contributed by atoms with Crippen LogP contribution in [0.1, 0.15) is 38.3 Å². The molecule has 2 unspecified atom stereocenters. The largest absolute Gasteiger partial charge is 0.389 e. The zero-order chi connectivity index (χ0) is 15.0. The lowest BCUT2D eigenvalue weighted by atomic mass is 9.79. The summed E-state index contributed by atoms with van der Waals surface area (Å²) in [5, 5.41) is 10.5. The molecule has 1 aliphatic rings. The van der Waals surface area contributed by atoms with Crippen molar-refractivity contribution in [2.24, 2.45) is 5.92 Å². The number of nitrogens with one attached hydrogen (secondary N) is 1. The van der Waals surface area contributed by atoms with Crippen molar-refractivity contribution in [3.8, 4) is 0 Å². The molecule has 1 saturated carbocycles. The van der Waals surface area contributed by atoms with E-state index in [4.69, 9.17) is 11.6 Å². The van der Waals surface area contributed by atoms with Crippen LogP contribution in [0, 0.1) is 12.8 Å². The minimum Gasteiger partial charge on any atom is -0.389 e. The Morgan fingerprint density at radius 3 is 2.85 bits per heavy atom. The molecule has 1 heterocycles. The van der Waals surface area contributed by atoms with Gasteiger partial charge in [0, 0.05) is 6.54 Å². The molecule has 114 valence electrons. The zero-order valence-corrected chi connectivity index (χ0v) is 13.9. The number of aryl methyl sites for hydroxylation is 1. The van der Waals surface area contributed by atoms with Gasteiger partial charge in [0.25, 0.3) is 10.0 Å². The number of nitrogens with zero attached hydrogens (tertiary/aromatic N) is 1. The molecule has 2 atom stereocenters. The van der Waals surface area contributed by atoms with E-state index in [1.807, 2.05) is 0 Å². The van der Waals surface area contributed by atoms with Gasteiger partial charge in [0.05, 0.1) is 11.3 Å². The van der Waals surface area contributed by atoms with Gasteiger partial charge in [-0.25, -0.2) is 18.1 Å². The van der Waals surface area contributed by atoms with Gasteiger partial charge < -0.3 is 5.11 Å². The normalized spacial score (nSPS) is 27.7. The van der Waals surface area contributed by atoms with Crippen molar-refractivity contribution in [1.82, 2.24) is 9.71 Å². The van der Waals surface area contributed by atoms with Crippen molar-refractivity contribution in [3.05, 3.63) is 10.2 Å². The number of hydrogen-bond acceptors (Lipinski definition) is 5. The van der Waals surface area contributed by atoms with Crippen LogP contribution in [0.3, 0.4) is 0 Å². The Labute approximate surface area is 128 Å². The first kappa shape index (κ1) is 16.2. The smallest absolute Gasteiger partial charge is 0.252 e. The van der Waals surface area contributed by atoms with Gasteiger partial charge in [0.1, 0.15) is 0 Å². The summed E-state index contributed by atoms with van der Waals surface area (Å²) in [6.45, 7) is 3.72. The van der Waals surface area contributed by atoms with E-state index < -0.39 is 15.6 Å². The summed E-state index contributed by atoms with van der Waals surface area (Å²) in [5.41, 5.74) is -0.566. The number of rotatable bonds is 4. The molecule has 0 bridgehead atoms. The van der Waals surface area contributed by atoms with Crippen molar-refractivity contribution in [2.75, 3.05) is 6.54 Å². The lowest BCUT2D eigenvalue weighted by Gasteiger charge is -2.35. The Morgan fingerprint density at radius 2 is 2.30 bits per heavy atom. The fraction of sp³-hybridized carbons (Fsp3) is 0.750. The Bertz CT molecular complexity index is 588. The molecule has 1 aromatic heterocycles. The van der Waals surface area contributed by atoms with Crippen LogP contribution < -0.4 is 4.72 Å². The van der Waals surface area contributed by atoms with E-state index >= 15 is 0 Å². The second kappa shape index (κ2) is 5.88. The van der Waals surface area contributed by atoms with Crippen LogP contribution in [0.25, 0.3) is 0 Å². The van der Waals surface area contributed by atoms with Crippen molar-refractivity contribution < 1.29 is 13.5 Å². The summed E-state index contributed by atoms with van der Waals surface area (Å²) >= 11 is 6.66. The van der Waals surface area contributed by atoms with E-state index in [9.17, 15) is 13.5 Å². The summed E-state index contributed by atoms with van der Waals surface area (Å²) in [6, 6.07) is 0. The quantitative estimate of drug-likeness (QED) is 0.883. The monoisotopic (exact) mass is 338 g/mol. The SMILES string of the molecule is Cc1nc(Cl)sc1S(=O)(=O)NCC1(O)CCCC(C)C1. The lowest BCUT2D eigenvalue weighted by Crippen LogP contribution is -2.45. The first-order valence-corrected chi connectivity index (χ1v) is 9.25. The summed E-state index contributed by atoms with van der Waals surface area (Å²) in [6.07, 6.45) is 3.25. The topological polar surface area (TPSA) is 79.3 Å². The highest BCUT2D eigenvalue weighted by Gasteiger charge is 2.34. The molecule has 0 aliphatic heterocycles. The van der Waals surface area contributed by atoms with Crippen LogP contribution >= 0.6 is 22.9 Å². The summed E-state index contributed by atoms with van der Waals surface area (Å²) < 4.78 is 27.3. The van der Waals surface area contributed by atoms with E-state index in [1.165, 1.54) is 0 Å². The molecule has 8 heteroatoms. The maximum Gasteiger partial charge on any atom is 0.252 e. The Hall–Kier alpha value is -0.210. The highest BCUT2D eigenvalue weighted by molar-refractivity contribution is 7.91. The minimum atomic E-state index is -3.66. The Morgan fingerprint density at radius 1 is 1.60 bits per heavy atom. The highest BCUT2D eigenvalue weighted by Crippen LogP contribution is 2.32. The van der Waals surface area contributed by atoms with Gasteiger partial charge in [-0.3, -0.25) is 0 Å². The standard InChI is InChI=1S/C12H19ClN2O3S2/c1-8-4-3-5-12(16,6-8)7-14-20(17,18)10-9(2)15-11(13)19-10/h8,14,16H,3-7H2,1-2H3. The van der Waals surface area contributed by atoms with E-state index in [0.717, 1.165) is 24.2 Å². The molecule has 1 aromatic rings. The Balaban J connectivity index is 2.08.